The third-order valence-corrected chi connectivity index (χ3v) is 4.89. The van der Waals surface area contributed by atoms with Crippen molar-refractivity contribution in [1.29, 1.82) is 0 Å². The number of hydrogen-bond donors (Lipinski definition) is 0. The number of esters is 1. The standard InChI is InChI=1S/C25H21N3O5/c1-31-21-14-8-11-18(23(21)33-16-22(29)32-2)15-26-28-24(17-9-4-3-5-10-17)27-20-13-7-6-12-19(20)25(28)30/h3-15H,16H2,1-2H3. The van der Waals surface area contributed by atoms with Gasteiger partial charge in [0.1, 0.15) is 0 Å². The molecular weight excluding hydrogens is 422 g/mol. The van der Waals surface area contributed by atoms with Crippen LogP contribution in [-0.2, 0) is 9.53 Å². The Kier molecular flexibility index (Phi) is 6.45. The van der Waals surface area contributed by atoms with Crippen LogP contribution in [0.3, 0.4) is 0 Å². The molecule has 0 radical (unpaired) electrons. The second-order valence-corrected chi connectivity index (χ2v) is 6.92. The molecule has 4 rings (SSSR count). The van der Waals surface area contributed by atoms with Gasteiger partial charge in [-0.25, -0.2) is 9.78 Å². The second-order valence-electron chi connectivity index (χ2n) is 6.92. The van der Waals surface area contributed by atoms with E-state index >= 15 is 0 Å². The number of para-hydroxylation sites is 2. The van der Waals surface area contributed by atoms with E-state index in [0.717, 1.165) is 5.56 Å². The van der Waals surface area contributed by atoms with E-state index in [0.29, 0.717) is 33.8 Å². The molecule has 0 saturated heterocycles. The molecule has 0 N–H and O–H groups in total. The number of carbonyl (C=O) groups is 1. The summed E-state index contributed by atoms with van der Waals surface area (Å²) in [4.78, 5) is 29.5. The SMILES string of the molecule is COC(=O)COc1c(C=Nn2c(-c3ccccc3)nc3ccccc3c2=O)cccc1OC. The molecule has 33 heavy (non-hydrogen) atoms. The van der Waals surface area contributed by atoms with Crippen molar-refractivity contribution in [3.63, 3.8) is 0 Å². The van der Waals surface area contributed by atoms with Gasteiger partial charge in [-0.3, -0.25) is 4.79 Å². The first-order valence-electron chi connectivity index (χ1n) is 10.1. The predicted molar refractivity (Wildman–Crippen MR) is 125 cm³/mol. The maximum atomic E-state index is 13.3. The zero-order valence-corrected chi connectivity index (χ0v) is 18.1. The maximum absolute atomic E-state index is 13.3. The zero-order chi connectivity index (χ0) is 23.2. The molecule has 0 atom stereocenters. The summed E-state index contributed by atoms with van der Waals surface area (Å²) in [5.74, 6) is 0.577. The molecule has 0 aliphatic carbocycles. The first kappa shape index (κ1) is 21.8. The van der Waals surface area contributed by atoms with Gasteiger partial charge in [0, 0.05) is 11.1 Å². The molecule has 0 fully saturated rings. The first-order chi connectivity index (χ1) is 16.1. The Bertz CT molecular complexity index is 1380. The maximum Gasteiger partial charge on any atom is 0.343 e. The van der Waals surface area contributed by atoms with E-state index in [1.807, 2.05) is 36.4 Å². The van der Waals surface area contributed by atoms with Crippen molar-refractivity contribution >= 4 is 23.1 Å². The van der Waals surface area contributed by atoms with E-state index in [1.54, 1.807) is 36.4 Å². The lowest BCUT2D eigenvalue weighted by Gasteiger charge is -2.13. The van der Waals surface area contributed by atoms with Crippen LogP contribution in [-0.4, -0.2) is 42.7 Å². The summed E-state index contributed by atoms with van der Waals surface area (Å²) < 4.78 is 16.9. The summed E-state index contributed by atoms with van der Waals surface area (Å²) in [7, 11) is 2.77. The van der Waals surface area contributed by atoms with Gasteiger partial charge in [0.15, 0.2) is 23.9 Å². The molecule has 1 heterocycles. The molecule has 0 spiro atoms. The highest BCUT2D eigenvalue weighted by Crippen LogP contribution is 2.30. The van der Waals surface area contributed by atoms with Gasteiger partial charge in [0.2, 0.25) is 0 Å². The van der Waals surface area contributed by atoms with Crippen LogP contribution < -0.4 is 15.0 Å². The van der Waals surface area contributed by atoms with Gasteiger partial charge >= 0.3 is 5.97 Å². The Morgan fingerprint density at radius 1 is 1.00 bits per heavy atom. The minimum Gasteiger partial charge on any atom is -0.493 e. The molecule has 0 bridgehead atoms. The van der Waals surface area contributed by atoms with Crippen molar-refractivity contribution in [3.8, 4) is 22.9 Å². The van der Waals surface area contributed by atoms with Crippen molar-refractivity contribution in [3.05, 3.63) is 88.7 Å². The molecule has 8 heteroatoms. The van der Waals surface area contributed by atoms with Gasteiger partial charge in [-0.2, -0.15) is 9.78 Å². The fourth-order valence-electron chi connectivity index (χ4n) is 3.26. The number of methoxy groups -OCH3 is 2. The number of aromatic nitrogens is 2. The molecule has 166 valence electrons. The van der Waals surface area contributed by atoms with Crippen LogP contribution in [0.25, 0.3) is 22.3 Å². The topological polar surface area (TPSA) is 92.0 Å². The monoisotopic (exact) mass is 443 g/mol. The zero-order valence-electron chi connectivity index (χ0n) is 18.1. The molecule has 8 nitrogen and oxygen atoms in total. The molecule has 0 aliphatic rings. The van der Waals surface area contributed by atoms with E-state index in [1.165, 1.54) is 25.1 Å². The van der Waals surface area contributed by atoms with Gasteiger partial charge in [0.25, 0.3) is 5.56 Å². The summed E-state index contributed by atoms with van der Waals surface area (Å²) in [6.07, 6.45) is 1.47. The smallest absolute Gasteiger partial charge is 0.343 e. The highest BCUT2D eigenvalue weighted by atomic mass is 16.6. The molecule has 1 aromatic heterocycles. The van der Waals surface area contributed by atoms with Crippen LogP contribution in [0.1, 0.15) is 5.56 Å². The van der Waals surface area contributed by atoms with E-state index in [9.17, 15) is 9.59 Å². The van der Waals surface area contributed by atoms with E-state index in [2.05, 4.69) is 14.8 Å². The fraction of sp³-hybridized carbons (Fsp3) is 0.120. The lowest BCUT2D eigenvalue weighted by molar-refractivity contribution is -0.142. The number of rotatable bonds is 7. The van der Waals surface area contributed by atoms with Crippen molar-refractivity contribution < 1.29 is 19.0 Å². The van der Waals surface area contributed by atoms with Crippen LogP contribution in [0.2, 0.25) is 0 Å². The molecule has 0 saturated carbocycles. The molecular formula is C25H21N3O5. The number of hydrogen-bond acceptors (Lipinski definition) is 7. The Hall–Kier alpha value is -4.46. The Morgan fingerprint density at radius 2 is 1.76 bits per heavy atom. The average Bonchev–Trinajstić information content (AvgIpc) is 2.87. The summed E-state index contributed by atoms with van der Waals surface area (Å²) >= 11 is 0. The number of nitrogens with zero attached hydrogens (tertiary/aromatic N) is 3. The molecule has 3 aromatic carbocycles. The Balaban J connectivity index is 1.84. The normalized spacial score (nSPS) is 11.0. The van der Waals surface area contributed by atoms with Crippen molar-refractivity contribution in [2.24, 2.45) is 5.10 Å². The van der Waals surface area contributed by atoms with Crippen LogP contribution in [0.15, 0.2) is 82.7 Å². The summed E-state index contributed by atoms with van der Waals surface area (Å²) in [6, 6.07) is 21.6. The Labute approximate surface area is 189 Å². The highest BCUT2D eigenvalue weighted by molar-refractivity contribution is 5.86. The minimum atomic E-state index is -0.537. The van der Waals surface area contributed by atoms with Crippen LogP contribution in [0.4, 0.5) is 0 Å². The van der Waals surface area contributed by atoms with Crippen LogP contribution in [0.5, 0.6) is 11.5 Å². The van der Waals surface area contributed by atoms with Crippen LogP contribution in [0, 0.1) is 0 Å². The lowest BCUT2D eigenvalue weighted by atomic mass is 10.2. The minimum absolute atomic E-state index is 0.301. The number of benzene rings is 3. The van der Waals surface area contributed by atoms with Crippen molar-refractivity contribution in [2.75, 3.05) is 20.8 Å². The van der Waals surface area contributed by atoms with E-state index in [-0.39, 0.29) is 12.2 Å². The van der Waals surface area contributed by atoms with Crippen molar-refractivity contribution in [2.45, 2.75) is 0 Å². The largest absolute Gasteiger partial charge is 0.493 e. The molecule has 0 unspecified atom stereocenters. The molecule has 4 aromatic rings. The first-order valence-corrected chi connectivity index (χ1v) is 10.1. The quantitative estimate of drug-likeness (QED) is 0.321. The second kappa shape index (κ2) is 9.78. The summed E-state index contributed by atoms with van der Waals surface area (Å²) in [5.41, 5.74) is 1.52. The third kappa shape index (κ3) is 4.59. The van der Waals surface area contributed by atoms with Gasteiger partial charge in [-0.05, 0) is 24.3 Å². The number of fused-ring (bicyclic) bond motifs is 1. The molecule has 0 aliphatic heterocycles. The fourth-order valence-corrected chi connectivity index (χ4v) is 3.26. The summed E-state index contributed by atoms with van der Waals surface area (Å²) in [6.45, 7) is -0.301. The van der Waals surface area contributed by atoms with Gasteiger partial charge in [-0.15, -0.1) is 0 Å². The molecule has 0 amide bonds. The average molecular weight is 443 g/mol. The number of ether oxygens (including phenoxy) is 3. The van der Waals surface area contributed by atoms with Crippen molar-refractivity contribution in [1.82, 2.24) is 9.66 Å². The van der Waals surface area contributed by atoms with E-state index in [4.69, 9.17) is 9.47 Å². The predicted octanol–water partition coefficient (Wildman–Crippen LogP) is 3.51. The lowest BCUT2D eigenvalue weighted by Crippen LogP contribution is -2.20. The van der Waals surface area contributed by atoms with Crippen LogP contribution >= 0.6 is 0 Å². The van der Waals surface area contributed by atoms with Gasteiger partial charge in [0.05, 0.1) is 31.3 Å². The van der Waals surface area contributed by atoms with Gasteiger partial charge in [-0.1, -0.05) is 48.5 Å². The summed E-state index contributed by atoms with van der Waals surface area (Å²) in [5, 5.41) is 4.90. The Morgan fingerprint density at radius 3 is 2.52 bits per heavy atom. The number of carbonyl (C=O) groups excluding carboxylic acids is 1. The van der Waals surface area contributed by atoms with Gasteiger partial charge < -0.3 is 14.2 Å². The van der Waals surface area contributed by atoms with E-state index < -0.39 is 5.97 Å². The third-order valence-electron chi connectivity index (χ3n) is 4.89. The highest BCUT2D eigenvalue weighted by Gasteiger charge is 2.14.